The van der Waals surface area contributed by atoms with E-state index in [0.717, 1.165) is 36.1 Å². The number of rotatable bonds is 13. The van der Waals surface area contributed by atoms with Crippen LogP contribution in [0.15, 0.2) is 78.4 Å². The Morgan fingerprint density at radius 1 is 0.875 bits per heavy atom. The monoisotopic (exact) mass is 543 g/mol. The molecule has 1 amide bonds. The topological polar surface area (TPSA) is 85.3 Å². The normalized spacial score (nSPS) is 16.4. The van der Waals surface area contributed by atoms with Gasteiger partial charge in [0, 0.05) is 19.2 Å². The van der Waals surface area contributed by atoms with Crippen molar-refractivity contribution < 1.29 is 28.9 Å². The Bertz CT molecular complexity index is 1330. The van der Waals surface area contributed by atoms with E-state index in [0.29, 0.717) is 30.1 Å². The van der Waals surface area contributed by atoms with Crippen LogP contribution in [0.1, 0.15) is 54.5 Å². The fourth-order valence-corrected chi connectivity index (χ4v) is 4.73. The lowest BCUT2D eigenvalue weighted by Gasteiger charge is -2.25. The fraction of sp³-hybridized carbons (Fsp3) is 0.333. The minimum Gasteiger partial charge on any atom is -0.507 e. The van der Waals surface area contributed by atoms with Gasteiger partial charge in [0.15, 0.2) is 0 Å². The van der Waals surface area contributed by atoms with Crippen LogP contribution < -0.4 is 9.47 Å². The Kier molecular flexibility index (Phi) is 9.97. The van der Waals surface area contributed by atoms with Gasteiger partial charge >= 0.3 is 0 Å². The lowest BCUT2D eigenvalue weighted by atomic mass is 9.95. The van der Waals surface area contributed by atoms with Crippen LogP contribution in [-0.4, -0.2) is 48.6 Å². The Morgan fingerprint density at radius 3 is 2.23 bits per heavy atom. The summed E-state index contributed by atoms with van der Waals surface area (Å²) in [5.74, 6) is -0.268. The molecule has 7 nitrogen and oxygen atoms in total. The molecule has 1 aliphatic rings. The number of benzene rings is 3. The number of carbonyl (C=O) groups excluding carboxylic acids is 2. The number of hydrogen-bond donors (Lipinski definition) is 1. The van der Waals surface area contributed by atoms with Crippen LogP contribution in [0.4, 0.5) is 0 Å². The Morgan fingerprint density at radius 2 is 1.55 bits per heavy atom. The number of unbranched alkanes of at least 4 members (excludes halogenated alkanes) is 2. The van der Waals surface area contributed by atoms with Crippen molar-refractivity contribution in [1.29, 1.82) is 0 Å². The van der Waals surface area contributed by atoms with Crippen LogP contribution in [0.2, 0.25) is 0 Å². The first-order chi connectivity index (χ1) is 19.4. The van der Waals surface area contributed by atoms with Gasteiger partial charge in [0.1, 0.15) is 23.9 Å². The fourth-order valence-electron chi connectivity index (χ4n) is 4.73. The zero-order chi connectivity index (χ0) is 28.5. The number of Topliss-reactive ketones (excluding diaryl/α,β-unsaturated/α-hetero) is 1. The number of amides is 1. The summed E-state index contributed by atoms with van der Waals surface area (Å²) >= 11 is 0. The molecule has 1 heterocycles. The van der Waals surface area contributed by atoms with Gasteiger partial charge in [-0.2, -0.15) is 0 Å². The van der Waals surface area contributed by atoms with Gasteiger partial charge in [0.25, 0.3) is 11.7 Å². The molecule has 1 fully saturated rings. The average molecular weight is 544 g/mol. The number of carbonyl (C=O) groups is 2. The highest BCUT2D eigenvalue weighted by Crippen LogP contribution is 2.40. The number of ketones is 1. The maximum absolute atomic E-state index is 13.2. The summed E-state index contributed by atoms with van der Waals surface area (Å²) in [5, 5.41) is 11.3. The molecule has 0 radical (unpaired) electrons. The largest absolute Gasteiger partial charge is 0.507 e. The van der Waals surface area contributed by atoms with Crippen LogP contribution in [0.3, 0.4) is 0 Å². The van der Waals surface area contributed by atoms with E-state index in [9.17, 15) is 14.7 Å². The molecule has 0 bridgehead atoms. The summed E-state index contributed by atoms with van der Waals surface area (Å²) in [5.41, 5.74) is 3.41. The summed E-state index contributed by atoms with van der Waals surface area (Å²) in [4.78, 5) is 27.7. The number of aryl methyl sites for hydroxylation is 1. The molecule has 4 rings (SSSR count). The highest BCUT2D eigenvalue weighted by Gasteiger charge is 2.45. The lowest BCUT2D eigenvalue weighted by Crippen LogP contribution is -2.32. The van der Waals surface area contributed by atoms with Crippen molar-refractivity contribution in [3.05, 3.63) is 101 Å². The number of methoxy groups -OCH3 is 1. The highest BCUT2D eigenvalue weighted by atomic mass is 16.5. The molecular weight excluding hydrogens is 506 g/mol. The molecule has 210 valence electrons. The molecule has 3 aromatic carbocycles. The minimum absolute atomic E-state index is 0.0475. The third kappa shape index (κ3) is 6.72. The minimum atomic E-state index is -0.749. The molecule has 0 aliphatic carbocycles. The zero-order valence-corrected chi connectivity index (χ0v) is 23.4. The van der Waals surface area contributed by atoms with Gasteiger partial charge in [-0.15, -0.1) is 0 Å². The first-order valence-corrected chi connectivity index (χ1v) is 13.7. The number of hydrogen-bond acceptors (Lipinski definition) is 6. The van der Waals surface area contributed by atoms with E-state index in [-0.39, 0.29) is 24.5 Å². The van der Waals surface area contributed by atoms with Crippen LogP contribution >= 0.6 is 0 Å². The van der Waals surface area contributed by atoms with Crippen molar-refractivity contribution in [3.8, 4) is 11.5 Å². The molecule has 3 aromatic rings. The molecule has 1 N–H and O–H groups in total. The van der Waals surface area contributed by atoms with Crippen molar-refractivity contribution in [2.45, 2.75) is 45.8 Å². The maximum Gasteiger partial charge on any atom is 0.295 e. The van der Waals surface area contributed by atoms with Crippen molar-refractivity contribution in [1.82, 2.24) is 4.90 Å². The molecule has 0 saturated carbocycles. The van der Waals surface area contributed by atoms with E-state index in [1.54, 1.807) is 31.4 Å². The van der Waals surface area contributed by atoms with Crippen LogP contribution in [0.25, 0.3) is 5.76 Å². The van der Waals surface area contributed by atoms with E-state index in [4.69, 9.17) is 14.2 Å². The number of aliphatic hydroxyl groups excluding tert-OH is 1. The number of likely N-dealkylation sites (tertiary alicyclic amines) is 1. The van der Waals surface area contributed by atoms with Crippen molar-refractivity contribution in [3.63, 3.8) is 0 Å². The summed E-state index contributed by atoms with van der Waals surface area (Å²) in [6.45, 7) is 5.69. The standard InChI is InChI=1S/C33H37NO6/c1-4-5-8-20-39-27-15-11-24(12-16-27)30-29(32(36)33(37)34(30)19-21-38-3)31(35)25-13-17-28(18-14-25)40-22-26-10-7-6-9-23(26)2/h6-7,9-18,30,35H,4-5,8,19-22H2,1-3H3/b31-29+. The van der Waals surface area contributed by atoms with Gasteiger partial charge in [-0.25, -0.2) is 0 Å². The average Bonchev–Trinajstić information content (AvgIpc) is 3.23. The van der Waals surface area contributed by atoms with Gasteiger partial charge in [-0.3, -0.25) is 9.59 Å². The van der Waals surface area contributed by atoms with E-state index in [2.05, 4.69) is 6.92 Å². The number of nitrogens with zero attached hydrogens (tertiary/aromatic N) is 1. The molecular formula is C33H37NO6. The van der Waals surface area contributed by atoms with Crippen molar-refractivity contribution >= 4 is 17.4 Å². The SMILES string of the molecule is CCCCCOc1ccc(C2/C(=C(\O)c3ccc(OCc4ccccc4C)cc3)C(=O)C(=O)N2CCOC)cc1. The first-order valence-electron chi connectivity index (χ1n) is 13.7. The van der Waals surface area contributed by atoms with E-state index < -0.39 is 17.7 Å². The molecule has 1 aliphatic heterocycles. The Hall–Kier alpha value is -4.10. The third-order valence-corrected chi connectivity index (χ3v) is 7.07. The van der Waals surface area contributed by atoms with Crippen molar-refractivity contribution in [2.75, 3.05) is 26.9 Å². The molecule has 1 saturated heterocycles. The lowest BCUT2D eigenvalue weighted by molar-refractivity contribution is -0.140. The van der Waals surface area contributed by atoms with E-state index in [1.165, 1.54) is 4.90 Å². The molecule has 0 aromatic heterocycles. The van der Waals surface area contributed by atoms with Gasteiger partial charge < -0.3 is 24.2 Å². The maximum atomic E-state index is 13.2. The highest BCUT2D eigenvalue weighted by molar-refractivity contribution is 6.46. The number of ether oxygens (including phenoxy) is 3. The summed E-state index contributed by atoms with van der Waals surface area (Å²) in [6, 6.07) is 21.5. The third-order valence-electron chi connectivity index (χ3n) is 7.07. The van der Waals surface area contributed by atoms with E-state index in [1.807, 2.05) is 55.5 Å². The van der Waals surface area contributed by atoms with E-state index >= 15 is 0 Å². The second kappa shape index (κ2) is 13.8. The molecule has 1 unspecified atom stereocenters. The predicted octanol–water partition coefficient (Wildman–Crippen LogP) is 6.21. The van der Waals surface area contributed by atoms with Crippen molar-refractivity contribution in [2.24, 2.45) is 0 Å². The van der Waals surface area contributed by atoms with Gasteiger partial charge in [-0.05, 0) is 66.4 Å². The van der Waals surface area contributed by atoms with Crippen LogP contribution in [0, 0.1) is 6.92 Å². The second-order valence-electron chi connectivity index (χ2n) is 9.85. The second-order valence-corrected chi connectivity index (χ2v) is 9.85. The van der Waals surface area contributed by atoms with Crippen LogP contribution in [-0.2, 0) is 20.9 Å². The molecule has 1 atom stereocenters. The Labute approximate surface area is 236 Å². The number of aliphatic hydroxyl groups is 1. The Balaban J connectivity index is 1.59. The molecule has 0 spiro atoms. The smallest absolute Gasteiger partial charge is 0.295 e. The zero-order valence-electron chi connectivity index (χ0n) is 23.4. The first kappa shape index (κ1) is 28.9. The molecule has 40 heavy (non-hydrogen) atoms. The quantitative estimate of drug-likeness (QED) is 0.119. The summed E-state index contributed by atoms with van der Waals surface area (Å²) < 4.78 is 16.9. The summed E-state index contributed by atoms with van der Waals surface area (Å²) in [6.07, 6.45) is 3.20. The van der Waals surface area contributed by atoms with Gasteiger partial charge in [0.2, 0.25) is 0 Å². The molecule has 7 heteroatoms. The van der Waals surface area contributed by atoms with Gasteiger partial charge in [-0.1, -0.05) is 56.2 Å². The van der Waals surface area contributed by atoms with Crippen LogP contribution in [0.5, 0.6) is 11.5 Å². The summed E-state index contributed by atoms with van der Waals surface area (Å²) in [7, 11) is 1.54. The predicted molar refractivity (Wildman–Crippen MR) is 154 cm³/mol. The van der Waals surface area contributed by atoms with Gasteiger partial charge in [0.05, 0.1) is 24.8 Å².